The van der Waals surface area contributed by atoms with Gasteiger partial charge in [0.15, 0.2) is 0 Å². The van der Waals surface area contributed by atoms with Gasteiger partial charge in [0.2, 0.25) is 5.91 Å². The first kappa shape index (κ1) is 14.0. The first-order chi connectivity index (χ1) is 9.22. The Bertz CT molecular complexity index is 434. The molecular weight excluding hydrogens is 240 g/mol. The first-order valence-electron chi connectivity index (χ1n) is 6.96. The van der Waals surface area contributed by atoms with Crippen molar-refractivity contribution in [2.45, 2.75) is 38.3 Å². The maximum absolute atomic E-state index is 12.2. The predicted molar refractivity (Wildman–Crippen MR) is 74.8 cm³/mol. The van der Waals surface area contributed by atoms with Crippen LogP contribution in [0, 0.1) is 0 Å². The molecule has 0 aliphatic carbocycles. The van der Waals surface area contributed by atoms with E-state index >= 15 is 0 Å². The summed E-state index contributed by atoms with van der Waals surface area (Å²) in [5.41, 5.74) is 2.32. The lowest BCUT2D eigenvalue weighted by molar-refractivity contribution is -0.122. The lowest BCUT2D eigenvalue weighted by Crippen LogP contribution is -2.39. The Hall–Kier alpha value is -1.39. The zero-order valence-corrected chi connectivity index (χ0v) is 11.4. The first-order valence-corrected chi connectivity index (χ1v) is 6.96. The summed E-state index contributed by atoms with van der Waals surface area (Å²) >= 11 is 0. The van der Waals surface area contributed by atoms with E-state index in [9.17, 15) is 9.90 Å². The summed E-state index contributed by atoms with van der Waals surface area (Å²) in [6, 6.07) is 8.06. The smallest absolute Gasteiger partial charge is 0.228 e. The van der Waals surface area contributed by atoms with Crippen LogP contribution in [0.4, 0.5) is 0 Å². The molecule has 0 bridgehead atoms. The third-order valence-corrected chi connectivity index (χ3v) is 3.66. The summed E-state index contributed by atoms with van der Waals surface area (Å²) in [4.78, 5) is 12.2. The SMILES string of the molecule is CCC(O)CCNC(=O)C1CNCc2ccccc21. The van der Waals surface area contributed by atoms with E-state index < -0.39 is 0 Å². The second-order valence-electron chi connectivity index (χ2n) is 5.02. The molecule has 0 radical (unpaired) electrons. The Morgan fingerprint density at radius 3 is 3.11 bits per heavy atom. The van der Waals surface area contributed by atoms with Crippen molar-refractivity contribution in [1.29, 1.82) is 0 Å². The zero-order valence-electron chi connectivity index (χ0n) is 11.4. The second-order valence-corrected chi connectivity index (χ2v) is 5.02. The van der Waals surface area contributed by atoms with Crippen LogP contribution in [0.1, 0.15) is 36.8 Å². The molecule has 0 spiro atoms. The van der Waals surface area contributed by atoms with Crippen LogP contribution in [0.25, 0.3) is 0 Å². The van der Waals surface area contributed by atoms with E-state index in [1.54, 1.807) is 0 Å². The number of amides is 1. The van der Waals surface area contributed by atoms with Gasteiger partial charge in [0.05, 0.1) is 12.0 Å². The van der Waals surface area contributed by atoms with E-state index in [1.807, 2.05) is 25.1 Å². The molecule has 2 rings (SSSR count). The van der Waals surface area contributed by atoms with E-state index in [0.717, 1.165) is 18.5 Å². The number of aliphatic hydroxyl groups is 1. The topological polar surface area (TPSA) is 61.4 Å². The number of nitrogens with one attached hydrogen (secondary N) is 2. The fourth-order valence-electron chi connectivity index (χ4n) is 2.42. The Kier molecular flexibility index (Phi) is 4.93. The molecule has 0 saturated heterocycles. The van der Waals surface area contributed by atoms with E-state index in [-0.39, 0.29) is 17.9 Å². The van der Waals surface area contributed by atoms with Gasteiger partial charge < -0.3 is 15.7 Å². The van der Waals surface area contributed by atoms with Crippen LogP contribution in [-0.2, 0) is 11.3 Å². The lowest BCUT2D eigenvalue weighted by Gasteiger charge is -2.25. The molecule has 3 N–H and O–H groups in total. The number of aliphatic hydroxyl groups excluding tert-OH is 1. The third-order valence-electron chi connectivity index (χ3n) is 3.66. The lowest BCUT2D eigenvalue weighted by atomic mass is 9.90. The minimum Gasteiger partial charge on any atom is -0.393 e. The monoisotopic (exact) mass is 262 g/mol. The maximum atomic E-state index is 12.2. The van der Waals surface area contributed by atoms with Gasteiger partial charge in [-0.2, -0.15) is 0 Å². The molecule has 1 aromatic carbocycles. The van der Waals surface area contributed by atoms with Crippen molar-refractivity contribution in [3.63, 3.8) is 0 Å². The summed E-state index contributed by atoms with van der Waals surface area (Å²) < 4.78 is 0. The van der Waals surface area contributed by atoms with Crippen molar-refractivity contribution in [2.24, 2.45) is 0 Å². The van der Waals surface area contributed by atoms with Gasteiger partial charge in [-0.05, 0) is 24.0 Å². The molecule has 0 fully saturated rings. The van der Waals surface area contributed by atoms with Crippen molar-refractivity contribution < 1.29 is 9.90 Å². The highest BCUT2D eigenvalue weighted by atomic mass is 16.3. The van der Waals surface area contributed by atoms with Gasteiger partial charge in [-0.1, -0.05) is 31.2 Å². The number of hydrogen-bond acceptors (Lipinski definition) is 3. The Morgan fingerprint density at radius 1 is 1.53 bits per heavy atom. The quantitative estimate of drug-likeness (QED) is 0.746. The van der Waals surface area contributed by atoms with Gasteiger partial charge in [0.1, 0.15) is 0 Å². The molecule has 19 heavy (non-hydrogen) atoms. The largest absolute Gasteiger partial charge is 0.393 e. The number of carbonyl (C=O) groups excluding carboxylic acids is 1. The molecule has 104 valence electrons. The van der Waals surface area contributed by atoms with Gasteiger partial charge in [-0.25, -0.2) is 0 Å². The van der Waals surface area contributed by atoms with Crippen LogP contribution < -0.4 is 10.6 Å². The average Bonchev–Trinajstić information content (AvgIpc) is 2.46. The molecule has 1 aromatic rings. The third kappa shape index (κ3) is 3.55. The fraction of sp³-hybridized carbons (Fsp3) is 0.533. The van der Waals surface area contributed by atoms with Gasteiger partial charge in [-0.15, -0.1) is 0 Å². The standard InChI is InChI=1S/C15H22N2O2/c1-2-12(18)7-8-17-15(19)14-10-16-9-11-5-3-4-6-13(11)14/h3-6,12,14,16,18H,2,7-10H2,1H3,(H,17,19). The van der Waals surface area contributed by atoms with Crippen LogP contribution in [0.5, 0.6) is 0 Å². The molecule has 2 atom stereocenters. The minimum absolute atomic E-state index is 0.0444. The van der Waals surface area contributed by atoms with E-state index in [0.29, 0.717) is 19.5 Å². The zero-order chi connectivity index (χ0) is 13.7. The molecule has 4 nitrogen and oxygen atoms in total. The highest BCUT2D eigenvalue weighted by Crippen LogP contribution is 2.23. The molecule has 1 heterocycles. The highest BCUT2D eigenvalue weighted by molar-refractivity contribution is 5.84. The number of carbonyl (C=O) groups is 1. The summed E-state index contributed by atoms with van der Waals surface area (Å²) in [6.07, 6.45) is 1.02. The molecule has 1 aliphatic heterocycles. The summed E-state index contributed by atoms with van der Waals surface area (Å²) in [6.45, 7) is 3.98. The molecule has 1 aliphatic rings. The van der Waals surface area contributed by atoms with Crippen molar-refractivity contribution in [3.8, 4) is 0 Å². The van der Waals surface area contributed by atoms with Crippen molar-refractivity contribution >= 4 is 5.91 Å². The highest BCUT2D eigenvalue weighted by Gasteiger charge is 2.25. The second kappa shape index (κ2) is 6.68. The van der Waals surface area contributed by atoms with Gasteiger partial charge >= 0.3 is 0 Å². The van der Waals surface area contributed by atoms with Gasteiger partial charge in [0, 0.05) is 19.6 Å². The molecule has 4 heteroatoms. The Balaban J connectivity index is 1.93. The Labute approximate surface area is 114 Å². The molecule has 0 saturated carbocycles. The summed E-state index contributed by atoms with van der Waals surface area (Å²) in [7, 11) is 0. The Morgan fingerprint density at radius 2 is 2.32 bits per heavy atom. The van der Waals surface area contributed by atoms with Crippen molar-refractivity contribution in [3.05, 3.63) is 35.4 Å². The van der Waals surface area contributed by atoms with Gasteiger partial charge in [0.25, 0.3) is 0 Å². The van der Waals surface area contributed by atoms with Crippen LogP contribution >= 0.6 is 0 Å². The summed E-state index contributed by atoms with van der Waals surface area (Å²) in [5.74, 6) is -0.0772. The normalized spacial score (nSPS) is 19.6. The summed E-state index contributed by atoms with van der Waals surface area (Å²) in [5, 5.41) is 15.7. The van der Waals surface area contributed by atoms with Crippen LogP contribution in [0.2, 0.25) is 0 Å². The van der Waals surface area contributed by atoms with E-state index in [2.05, 4.69) is 16.7 Å². The van der Waals surface area contributed by atoms with Crippen LogP contribution in [-0.4, -0.2) is 30.2 Å². The number of rotatable bonds is 5. The van der Waals surface area contributed by atoms with E-state index in [4.69, 9.17) is 0 Å². The van der Waals surface area contributed by atoms with Crippen LogP contribution in [0.15, 0.2) is 24.3 Å². The van der Waals surface area contributed by atoms with Gasteiger partial charge in [-0.3, -0.25) is 4.79 Å². The predicted octanol–water partition coefficient (Wildman–Crippen LogP) is 1.15. The molecule has 2 unspecified atom stereocenters. The van der Waals surface area contributed by atoms with Crippen molar-refractivity contribution in [2.75, 3.05) is 13.1 Å². The maximum Gasteiger partial charge on any atom is 0.228 e. The molecule has 0 aromatic heterocycles. The number of hydrogen-bond donors (Lipinski definition) is 3. The number of benzene rings is 1. The molecule has 1 amide bonds. The minimum atomic E-state index is -0.322. The number of fused-ring (bicyclic) bond motifs is 1. The van der Waals surface area contributed by atoms with Crippen molar-refractivity contribution in [1.82, 2.24) is 10.6 Å². The fourth-order valence-corrected chi connectivity index (χ4v) is 2.42. The van der Waals surface area contributed by atoms with E-state index in [1.165, 1.54) is 5.56 Å². The molecular formula is C15H22N2O2. The van der Waals surface area contributed by atoms with Crippen LogP contribution in [0.3, 0.4) is 0 Å². The average molecular weight is 262 g/mol.